The molecule has 9 heteroatoms. The lowest BCUT2D eigenvalue weighted by Gasteiger charge is -2.51. The van der Waals surface area contributed by atoms with Crippen LogP contribution in [0.3, 0.4) is 0 Å². The zero-order valence-corrected chi connectivity index (χ0v) is 23.0. The van der Waals surface area contributed by atoms with E-state index in [1.807, 2.05) is 42.5 Å². The Labute approximate surface area is 235 Å². The number of alkyl carbamates (subject to hydrolysis) is 1. The van der Waals surface area contributed by atoms with Crippen LogP contribution < -0.4 is 10.1 Å². The predicted molar refractivity (Wildman–Crippen MR) is 148 cm³/mol. The van der Waals surface area contributed by atoms with Gasteiger partial charge >= 0.3 is 6.09 Å². The highest BCUT2D eigenvalue weighted by Gasteiger charge is 2.49. The normalized spacial score (nSPS) is 25.3. The van der Waals surface area contributed by atoms with Crippen LogP contribution in [0.2, 0.25) is 0 Å². The van der Waals surface area contributed by atoms with Crippen LogP contribution in [0.1, 0.15) is 48.0 Å². The van der Waals surface area contributed by atoms with Gasteiger partial charge in [0.05, 0.1) is 32.9 Å². The Morgan fingerprint density at radius 1 is 0.950 bits per heavy atom. The van der Waals surface area contributed by atoms with Crippen molar-refractivity contribution in [3.63, 3.8) is 0 Å². The fraction of sp³-hybridized carbons (Fsp3) is 0.548. The van der Waals surface area contributed by atoms with Gasteiger partial charge < -0.3 is 29.2 Å². The van der Waals surface area contributed by atoms with E-state index in [0.717, 1.165) is 63.1 Å². The molecule has 1 atom stereocenters. The number of carbonyl (C=O) groups excluding carboxylic acids is 2. The Kier molecular flexibility index (Phi) is 8.22. The summed E-state index contributed by atoms with van der Waals surface area (Å²) >= 11 is 0. The summed E-state index contributed by atoms with van der Waals surface area (Å²) in [7, 11) is 0. The van der Waals surface area contributed by atoms with Crippen LogP contribution in [0, 0.1) is 5.92 Å². The summed E-state index contributed by atoms with van der Waals surface area (Å²) in [6, 6.07) is 17.1. The molecule has 1 N–H and O–H groups in total. The summed E-state index contributed by atoms with van der Waals surface area (Å²) in [5, 5.41) is 3.14. The van der Waals surface area contributed by atoms with Crippen molar-refractivity contribution in [3.8, 4) is 5.75 Å². The lowest BCUT2D eigenvalue weighted by molar-refractivity contribution is -0.0483. The van der Waals surface area contributed by atoms with Crippen LogP contribution in [0.5, 0.6) is 5.75 Å². The number of carbonyl (C=O) groups is 2. The van der Waals surface area contributed by atoms with E-state index in [9.17, 15) is 9.59 Å². The number of hydrogen-bond donors (Lipinski definition) is 1. The van der Waals surface area contributed by atoms with Crippen LogP contribution in [-0.2, 0) is 19.7 Å². The molecule has 5 aliphatic heterocycles. The van der Waals surface area contributed by atoms with E-state index in [-0.39, 0.29) is 18.3 Å². The zero-order chi connectivity index (χ0) is 27.4. The minimum Gasteiger partial charge on any atom is -0.494 e. The summed E-state index contributed by atoms with van der Waals surface area (Å²) in [4.78, 5) is 30.5. The topological polar surface area (TPSA) is 89.6 Å². The number of unbranched alkanes of at least 4 members (excludes halogenated alkanes) is 1. The number of benzene rings is 2. The smallest absolute Gasteiger partial charge is 0.408 e. The highest BCUT2D eigenvalue weighted by Crippen LogP contribution is 2.35. The molecule has 2 amide bonds. The lowest BCUT2D eigenvalue weighted by atomic mass is 9.82. The number of piperidine rings is 3. The molecule has 40 heavy (non-hydrogen) atoms. The maximum absolute atomic E-state index is 13.3. The number of rotatable bonds is 10. The summed E-state index contributed by atoms with van der Waals surface area (Å²) in [6.45, 7) is 5.74. The first-order chi connectivity index (χ1) is 19.6. The maximum atomic E-state index is 13.3. The van der Waals surface area contributed by atoms with Crippen LogP contribution in [-0.4, -0.2) is 86.7 Å². The third kappa shape index (κ3) is 6.11. The number of ether oxygens (including phenoxy) is 4. The molecule has 0 aromatic heterocycles. The van der Waals surface area contributed by atoms with E-state index in [4.69, 9.17) is 18.9 Å². The second-order valence-corrected chi connectivity index (χ2v) is 11.4. The molecule has 2 bridgehead atoms. The minimum atomic E-state index is -0.667. The van der Waals surface area contributed by atoms with Gasteiger partial charge in [0.1, 0.15) is 17.4 Å². The van der Waals surface area contributed by atoms with Crippen LogP contribution in [0.4, 0.5) is 4.79 Å². The molecule has 0 radical (unpaired) electrons. The van der Waals surface area contributed by atoms with Crippen molar-refractivity contribution in [2.75, 3.05) is 52.5 Å². The standard InChI is InChI=1S/C31H39N3O6/c35-29(24-9-11-26(12-10-24)37-17-5-4-8-28-38-18-19-39-28)34-21-31(22-34,25-6-2-1-3-7-25)32-30(36)40-27-20-33-15-13-23(27)14-16-33/h1-3,6-7,9-12,23,27-28H,4-5,8,13-22H2,(H,32,36)/t27-/m0/s1. The van der Waals surface area contributed by atoms with Gasteiger partial charge in [-0.05, 0) is 80.9 Å². The number of nitrogens with one attached hydrogen (secondary N) is 1. The molecule has 9 nitrogen and oxygen atoms in total. The largest absolute Gasteiger partial charge is 0.494 e. The molecule has 5 heterocycles. The minimum absolute atomic E-state index is 0.0656. The summed E-state index contributed by atoms with van der Waals surface area (Å²) < 4.78 is 22.7. The molecule has 0 unspecified atom stereocenters. The highest BCUT2D eigenvalue weighted by atomic mass is 16.7. The highest BCUT2D eigenvalue weighted by molar-refractivity contribution is 5.95. The van der Waals surface area contributed by atoms with Crippen molar-refractivity contribution in [3.05, 3.63) is 65.7 Å². The van der Waals surface area contributed by atoms with Gasteiger partial charge in [0.2, 0.25) is 0 Å². The van der Waals surface area contributed by atoms with Crippen molar-refractivity contribution in [1.29, 1.82) is 0 Å². The number of fused-ring (bicyclic) bond motifs is 3. The van der Waals surface area contributed by atoms with Crippen molar-refractivity contribution in [1.82, 2.24) is 15.1 Å². The Morgan fingerprint density at radius 3 is 2.35 bits per heavy atom. The Balaban J connectivity index is 1.01. The van der Waals surface area contributed by atoms with E-state index < -0.39 is 11.6 Å². The third-order valence-corrected chi connectivity index (χ3v) is 8.63. The quantitative estimate of drug-likeness (QED) is 0.451. The van der Waals surface area contributed by atoms with Gasteiger partial charge in [-0.2, -0.15) is 0 Å². The van der Waals surface area contributed by atoms with E-state index in [0.29, 0.717) is 44.4 Å². The average molecular weight is 550 g/mol. The van der Waals surface area contributed by atoms with E-state index in [2.05, 4.69) is 10.2 Å². The molecule has 5 fully saturated rings. The van der Waals surface area contributed by atoms with Crippen molar-refractivity contribution in [2.45, 2.75) is 50.0 Å². The van der Waals surface area contributed by atoms with Gasteiger partial charge in [0.25, 0.3) is 5.91 Å². The molecule has 214 valence electrons. The van der Waals surface area contributed by atoms with E-state index >= 15 is 0 Å². The van der Waals surface area contributed by atoms with Crippen LogP contribution in [0.25, 0.3) is 0 Å². The Bertz CT molecular complexity index is 1140. The molecular formula is C31H39N3O6. The van der Waals surface area contributed by atoms with E-state index in [1.165, 1.54) is 0 Å². The average Bonchev–Trinajstić information content (AvgIpc) is 3.49. The Morgan fingerprint density at radius 2 is 1.68 bits per heavy atom. The number of likely N-dealkylation sites (tertiary alicyclic amines) is 1. The molecule has 7 rings (SSSR count). The van der Waals surface area contributed by atoms with Gasteiger partial charge in [-0.1, -0.05) is 30.3 Å². The zero-order valence-electron chi connectivity index (χ0n) is 23.0. The first-order valence-electron chi connectivity index (χ1n) is 14.6. The summed E-state index contributed by atoms with van der Waals surface area (Å²) in [6.07, 6.45) is 4.39. The van der Waals surface area contributed by atoms with Gasteiger partial charge in [-0.3, -0.25) is 9.69 Å². The fourth-order valence-electron chi connectivity index (χ4n) is 6.30. The first-order valence-corrected chi connectivity index (χ1v) is 14.6. The molecule has 0 spiro atoms. The monoisotopic (exact) mass is 549 g/mol. The van der Waals surface area contributed by atoms with Crippen LogP contribution in [0.15, 0.2) is 54.6 Å². The maximum Gasteiger partial charge on any atom is 0.408 e. The Hall–Kier alpha value is -3.14. The molecule has 0 saturated carbocycles. The van der Waals surface area contributed by atoms with Gasteiger partial charge in [-0.25, -0.2) is 4.79 Å². The SMILES string of the molecule is O=C(NC1(c2ccccc2)CN(C(=O)c2ccc(OCCCCC3OCCO3)cc2)C1)O[C@H]1CN2CCC1CC2. The molecule has 0 aliphatic carbocycles. The molecule has 2 aromatic carbocycles. The first kappa shape index (κ1) is 27.1. The van der Waals surface area contributed by atoms with Crippen molar-refractivity contribution >= 4 is 12.0 Å². The lowest BCUT2D eigenvalue weighted by Crippen LogP contribution is -2.69. The summed E-state index contributed by atoms with van der Waals surface area (Å²) in [5.41, 5.74) is 0.902. The molecular weight excluding hydrogens is 510 g/mol. The molecule has 5 saturated heterocycles. The van der Waals surface area contributed by atoms with Crippen molar-refractivity contribution < 1.29 is 28.5 Å². The second kappa shape index (κ2) is 12.2. The number of amides is 2. The number of hydrogen-bond acceptors (Lipinski definition) is 7. The van der Waals surface area contributed by atoms with Gasteiger partial charge in [-0.15, -0.1) is 0 Å². The van der Waals surface area contributed by atoms with Crippen molar-refractivity contribution in [2.24, 2.45) is 5.92 Å². The predicted octanol–water partition coefficient (Wildman–Crippen LogP) is 3.78. The number of nitrogens with zero attached hydrogens (tertiary/aromatic N) is 2. The molecule has 5 aliphatic rings. The van der Waals surface area contributed by atoms with E-state index in [1.54, 1.807) is 17.0 Å². The summed E-state index contributed by atoms with van der Waals surface area (Å²) in [5.74, 6) is 1.11. The fourth-order valence-corrected chi connectivity index (χ4v) is 6.30. The van der Waals surface area contributed by atoms with Gasteiger partial charge in [0, 0.05) is 12.1 Å². The third-order valence-electron chi connectivity index (χ3n) is 8.63. The molecule has 2 aromatic rings. The van der Waals surface area contributed by atoms with Gasteiger partial charge in [0.15, 0.2) is 6.29 Å². The van der Waals surface area contributed by atoms with Crippen LogP contribution >= 0.6 is 0 Å². The second-order valence-electron chi connectivity index (χ2n) is 11.4.